The predicted molar refractivity (Wildman–Crippen MR) is 210 cm³/mol. The summed E-state index contributed by atoms with van der Waals surface area (Å²) in [6.07, 6.45) is 0. The third-order valence-electron chi connectivity index (χ3n) is 9.67. The molecule has 2 aromatic heterocycles. The number of benzene rings is 6. The van der Waals surface area contributed by atoms with Gasteiger partial charge in [0.2, 0.25) is 0 Å². The van der Waals surface area contributed by atoms with E-state index in [2.05, 4.69) is 146 Å². The van der Waals surface area contributed by atoms with Crippen LogP contribution < -0.4 is 24.8 Å². The molecule has 0 aliphatic rings. The third-order valence-corrected chi connectivity index (χ3v) is 9.67. The molecule has 53 heavy (non-hydrogen) atoms. The first-order valence-electron chi connectivity index (χ1n) is 17.1. The Hall–Kier alpha value is -4.92. The van der Waals surface area contributed by atoms with Crippen LogP contribution in [0.1, 0.15) is 11.5 Å². The largest absolute Gasteiger partial charge is 4.00 e. The zero-order valence-electron chi connectivity index (χ0n) is 29.2. The molecule has 8 aromatic carbocycles. The minimum atomic E-state index is 0. The summed E-state index contributed by atoms with van der Waals surface area (Å²) in [5, 5.41) is 10.1. The van der Waals surface area contributed by atoms with E-state index >= 15 is 0 Å². The molecule has 0 fully saturated rings. The molecule has 2 heterocycles. The molecule has 0 amide bonds. The molecule has 5 heteroatoms. The second-order valence-corrected chi connectivity index (χ2v) is 13.0. The van der Waals surface area contributed by atoms with E-state index in [9.17, 15) is 0 Å². The fourth-order valence-electron chi connectivity index (χ4n) is 7.15. The van der Waals surface area contributed by atoms with Gasteiger partial charge >= 0.3 is 26.2 Å². The Balaban J connectivity index is 0.000000172. The topological polar surface area (TPSA) is 26.3 Å². The van der Waals surface area contributed by atoms with Crippen LogP contribution in [0.5, 0.6) is 0 Å². The van der Waals surface area contributed by atoms with E-state index in [1.807, 2.05) is 38.1 Å². The Morgan fingerprint density at radius 1 is 0.396 bits per heavy atom. The standard InChI is InChI=1S/2C24H17O.2ClH.Zr/c2*1-16-9-12-24(25-16)21-14-19-7-4-8-22(23(19)15-21)20-11-10-17-5-2-3-6-18(17)13-20;;;/h2*2-15H,1H3;2*1H;/q2*-1;;;+4/p-2. The van der Waals surface area contributed by atoms with Crippen LogP contribution in [0.3, 0.4) is 0 Å². The first kappa shape index (κ1) is 37.8. The van der Waals surface area contributed by atoms with E-state index in [-0.39, 0.29) is 51.0 Å². The van der Waals surface area contributed by atoms with Crippen LogP contribution in [0.15, 0.2) is 179 Å². The number of hydrogen-bond acceptors (Lipinski definition) is 2. The van der Waals surface area contributed by atoms with Crippen LogP contribution in [0.2, 0.25) is 0 Å². The summed E-state index contributed by atoms with van der Waals surface area (Å²) in [4.78, 5) is 0. The van der Waals surface area contributed by atoms with Crippen molar-refractivity contribution in [2.45, 2.75) is 13.8 Å². The Morgan fingerprint density at radius 3 is 1.21 bits per heavy atom. The van der Waals surface area contributed by atoms with E-state index in [1.165, 1.54) is 65.3 Å². The molecule has 256 valence electrons. The van der Waals surface area contributed by atoms with Gasteiger partial charge in [-0.15, -0.1) is 57.9 Å². The van der Waals surface area contributed by atoms with Gasteiger partial charge in [0, 0.05) is 0 Å². The van der Waals surface area contributed by atoms with Gasteiger partial charge in [0.15, 0.2) is 0 Å². The quantitative estimate of drug-likeness (QED) is 0.169. The molecule has 0 saturated heterocycles. The summed E-state index contributed by atoms with van der Waals surface area (Å²) in [6, 6.07) is 60.3. The summed E-state index contributed by atoms with van der Waals surface area (Å²) >= 11 is 0. The van der Waals surface area contributed by atoms with Crippen LogP contribution in [0.25, 0.3) is 88.0 Å². The van der Waals surface area contributed by atoms with Crippen LogP contribution in [0, 0.1) is 13.8 Å². The van der Waals surface area contributed by atoms with Crippen molar-refractivity contribution in [2.75, 3.05) is 0 Å². The van der Waals surface area contributed by atoms with Gasteiger partial charge in [0.1, 0.15) is 0 Å². The molecular formula is C48H34Cl2O2Zr. The molecule has 2 nitrogen and oxygen atoms in total. The number of hydrogen-bond donors (Lipinski definition) is 0. The Bertz CT molecular complexity index is 2620. The fraction of sp³-hybridized carbons (Fsp3) is 0.0417. The maximum absolute atomic E-state index is 5.80. The number of fused-ring (bicyclic) bond motifs is 4. The van der Waals surface area contributed by atoms with Crippen LogP contribution in [0.4, 0.5) is 0 Å². The molecule has 0 N–H and O–H groups in total. The minimum absolute atomic E-state index is 0. The first-order valence-corrected chi connectivity index (χ1v) is 17.1. The van der Waals surface area contributed by atoms with Gasteiger partial charge in [0.25, 0.3) is 0 Å². The SMILES string of the molecule is Cc1ccc(-c2cc3c(-c4ccc5ccccc5c4)cccc3[cH-]2)o1.Cc1ccc(-c2cc3c(-c4ccc5ccccc5c4)cccc3[cH-]2)o1.[Cl-].[Cl-].[Zr+4]. The van der Waals surface area contributed by atoms with Crippen molar-refractivity contribution in [2.24, 2.45) is 0 Å². The zero-order valence-corrected chi connectivity index (χ0v) is 33.2. The van der Waals surface area contributed by atoms with Crippen molar-refractivity contribution in [3.63, 3.8) is 0 Å². The molecular weight excluding hydrogens is 771 g/mol. The molecule has 0 saturated carbocycles. The van der Waals surface area contributed by atoms with E-state index in [1.54, 1.807) is 0 Å². The monoisotopic (exact) mass is 802 g/mol. The summed E-state index contributed by atoms with van der Waals surface area (Å²) in [7, 11) is 0. The van der Waals surface area contributed by atoms with Gasteiger partial charge in [0.05, 0.1) is 23.0 Å². The normalized spacial score (nSPS) is 10.8. The Labute approximate surface area is 340 Å². The van der Waals surface area contributed by atoms with Crippen molar-refractivity contribution < 1.29 is 59.9 Å². The van der Waals surface area contributed by atoms with Crippen LogP contribution >= 0.6 is 0 Å². The van der Waals surface area contributed by atoms with E-state index in [4.69, 9.17) is 8.83 Å². The van der Waals surface area contributed by atoms with E-state index in [0.29, 0.717) is 0 Å². The van der Waals surface area contributed by atoms with Crippen molar-refractivity contribution in [3.8, 4) is 44.9 Å². The number of furan rings is 2. The molecule has 0 aliphatic carbocycles. The summed E-state index contributed by atoms with van der Waals surface area (Å²) < 4.78 is 11.6. The maximum Gasteiger partial charge on any atom is 4.00 e. The van der Waals surface area contributed by atoms with Gasteiger partial charge in [-0.3, -0.25) is 0 Å². The van der Waals surface area contributed by atoms with E-state index < -0.39 is 0 Å². The van der Waals surface area contributed by atoms with Crippen molar-refractivity contribution in [3.05, 3.63) is 181 Å². The van der Waals surface area contributed by atoms with Gasteiger partial charge in [-0.05, 0) is 82.9 Å². The number of aryl methyl sites for hydroxylation is 2. The van der Waals surface area contributed by atoms with Crippen LogP contribution in [-0.4, -0.2) is 0 Å². The van der Waals surface area contributed by atoms with Crippen molar-refractivity contribution >= 4 is 43.1 Å². The maximum atomic E-state index is 5.80. The molecule has 0 atom stereocenters. The average molecular weight is 805 g/mol. The number of rotatable bonds is 4. The average Bonchev–Trinajstić information content (AvgIpc) is 3.97. The smallest absolute Gasteiger partial charge is 1.00 e. The second-order valence-electron chi connectivity index (χ2n) is 13.0. The van der Waals surface area contributed by atoms with Crippen molar-refractivity contribution in [1.82, 2.24) is 0 Å². The molecule has 0 bridgehead atoms. The van der Waals surface area contributed by atoms with Gasteiger partial charge < -0.3 is 33.6 Å². The Morgan fingerprint density at radius 2 is 0.811 bits per heavy atom. The number of halogens is 2. The van der Waals surface area contributed by atoms with Gasteiger partial charge in [-0.25, -0.2) is 0 Å². The summed E-state index contributed by atoms with van der Waals surface area (Å²) in [5.74, 6) is 3.74. The molecule has 0 aliphatic heterocycles. The fourth-order valence-corrected chi connectivity index (χ4v) is 7.15. The molecule has 0 unspecified atom stereocenters. The molecule has 0 spiro atoms. The first-order chi connectivity index (χ1) is 24.6. The third kappa shape index (κ3) is 7.48. The summed E-state index contributed by atoms with van der Waals surface area (Å²) in [5.41, 5.74) is 7.29. The van der Waals surface area contributed by atoms with Gasteiger partial charge in [-0.1, -0.05) is 119 Å². The van der Waals surface area contributed by atoms with Gasteiger partial charge in [-0.2, -0.15) is 0 Å². The van der Waals surface area contributed by atoms with Crippen LogP contribution in [-0.2, 0) is 26.2 Å². The second kappa shape index (κ2) is 16.0. The zero-order chi connectivity index (χ0) is 33.6. The molecule has 10 aromatic rings. The predicted octanol–water partition coefficient (Wildman–Crippen LogP) is 7.90. The molecule has 0 radical (unpaired) electrons. The summed E-state index contributed by atoms with van der Waals surface area (Å²) in [6.45, 7) is 3.96. The minimum Gasteiger partial charge on any atom is -1.00 e. The van der Waals surface area contributed by atoms with E-state index in [0.717, 1.165) is 34.2 Å². The molecule has 10 rings (SSSR count). The van der Waals surface area contributed by atoms with Crippen molar-refractivity contribution in [1.29, 1.82) is 0 Å². The Kier molecular flexibility index (Phi) is 11.4.